The van der Waals surface area contributed by atoms with Crippen molar-refractivity contribution in [3.8, 4) is 0 Å². The Morgan fingerprint density at radius 3 is 1.71 bits per heavy atom. The topological polar surface area (TPSA) is 47.7 Å². The van der Waals surface area contributed by atoms with E-state index in [0.717, 1.165) is 6.21 Å². The molecule has 40 valence electrons. The van der Waals surface area contributed by atoms with Crippen LogP contribution in [0.15, 0.2) is 13.2 Å². The molecule has 2 N–H and O–H groups in total. The third kappa shape index (κ3) is 41.3. The first-order valence-electron chi connectivity index (χ1n) is 1.83. The molecule has 0 saturated carbocycles. The Morgan fingerprint density at radius 1 is 1.57 bits per heavy atom. The summed E-state index contributed by atoms with van der Waals surface area (Å²) in [6.07, 6.45) is 1.00. The molecule has 0 unspecified atom stereocenters. The van der Waals surface area contributed by atoms with Gasteiger partial charge in [0.05, 0.1) is 0 Å². The Kier molecular flexibility index (Phi) is 12.0. The van der Waals surface area contributed by atoms with Crippen molar-refractivity contribution >= 4 is 11.9 Å². The van der Waals surface area contributed by atoms with Crippen LogP contribution in [0.4, 0.5) is 0 Å². The summed E-state index contributed by atoms with van der Waals surface area (Å²) in [5, 5.41) is 12.8. The Labute approximate surface area is 43.9 Å². The lowest BCUT2D eigenvalue weighted by molar-refractivity contribution is 1.49. The minimum absolute atomic E-state index is 0.296. The first-order chi connectivity index (χ1) is 3.27. The summed E-state index contributed by atoms with van der Waals surface area (Å²) in [5.74, 6) is 0. The minimum atomic E-state index is 0.296. The van der Waals surface area contributed by atoms with Crippen LogP contribution < -0.4 is 0 Å². The van der Waals surface area contributed by atoms with E-state index in [-0.39, 0.29) is 0 Å². The molecule has 0 heterocycles. The fourth-order valence-electron chi connectivity index (χ4n) is 0. The van der Waals surface area contributed by atoms with Crippen LogP contribution in [-0.4, -0.2) is 11.9 Å². The van der Waals surface area contributed by atoms with Gasteiger partial charge >= 0.3 is 0 Å². The van der Waals surface area contributed by atoms with Crippen molar-refractivity contribution in [2.75, 3.05) is 0 Å². The van der Waals surface area contributed by atoms with E-state index >= 15 is 0 Å². The van der Waals surface area contributed by atoms with Crippen LogP contribution in [-0.2, 0) is 0 Å². The van der Waals surface area contributed by atoms with Crippen LogP contribution in [0.3, 0.4) is 0 Å². The molecule has 0 aromatic rings. The van der Waals surface area contributed by atoms with E-state index in [9.17, 15) is 0 Å². The summed E-state index contributed by atoms with van der Waals surface area (Å²) in [6, 6.07) is 0. The van der Waals surface area contributed by atoms with E-state index < -0.39 is 0 Å². The van der Waals surface area contributed by atoms with E-state index in [2.05, 4.69) is 13.2 Å². The Bertz CT molecular complexity index is 66.5. The van der Waals surface area contributed by atoms with Gasteiger partial charge in [0.25, 0.3) is 0 Å². The molecule has 0 aliphatic rings. The molecule has 0 aliphatic heterocycles. The van der Waals surface area contributed by atoms with Gasteiger partial charge in [-0.3, -0.25) is 0 Å². The smallest absolute Gasteiger partial charge is 0.0458 e. The average Bonchev–Trinajstić information content (AvgIpc) is 1.73. The maximum Gasteiger partial charge on any atom is 0.0458 e. The largest absolute Gasteiger partial charge is 0.307 e. The van der Waals surface area contributed by atoms with Gasteiger partial charge < -0.3 is 10.8 Å². The number of rotatable bonds is 1. The second-order valence-corrected chi connectivity index (χ2v) is 0.827. The lowest BCUT2D eigenvalue weighted by Gasteiger charge is -1.67. The molecule has 0 aliphatic carbocycles. The van der Waals surface area contributed by atoms with Crippen molar-refractivity contribution in [1.29, 1.82) is 10.8 Å². The van der Waals surface area contributed by atoms with E-state index in [1.54, 1.807) is 6.92 Å². The van der Waals surface area contributed by atoms with Crippen LogP contribution in [0, 0.1) is 10.8 Å². The summed E-state index contributed by atoms with van der Waals surface area (Å²) < 4.78 is 0. The first kappa shape index (κ1) is 9.43. The summed E-state index contributed by atoms with van der Waals surface area (Å²) in [7, 11) is 0. The second kappa shape index (κ2) is 8.91. The molecule has 0 atom stereocenters. The summed E-state index contributed by atoms with van der Waals surface area (Å²) in [4.78, 5) is 0. The third-order valence-corrected chi connectivity index (χ3v) is 0.217. The van der Waals surface area contributed by atoms with Gasteiger partial charge in [0.2, 0.25) is 0 Å². The Balaban J connectivity index is 0. The highest BCUT2D eigenvalue weighted by molar-refractivity contribution is 6.26. The normalized spacial score (nSPS) is 5.29. The maximum absolute atomic E-state index is 6.50. The molecule has 0 aromatic carbocycles. The monoisotopic (exact) mass is 98.1 g/mol. The lowest BCUT2D eigenvalue weighted by Crippen LogP contribution is -1.82. The molecule has 7 heavy (non-hydrogen) atoms. The second-order valence-electron chi connectivity index (χ2n) is 0.827. The van der Waals surface area contributed by atoms with Crippen molar-refractivity contribution in [1.82, 2.24) is 0 Å². The molecule has 2 nitrogen and oxygen atoms in total. The summed E-state index contributed by atoms with van der Waals surface area (Å²) in [6.45, 7) is 7.56. The van der Waals surface area contributed by atoms with Gasteiger partial charge in [0, 0.05) is 11.9 Å². The molecule has 0 saturated heterocycles. The highest BCUT2D eigenvalue weighted by Crippen LogP contribution is 1.51. The molecule has 0 aromatic heterocycles. The molecule has 2 heteroatoms. The zero-order valence-corrected chi connectivity index (χ0v) is 4.49. The van der Waals surface area contributed by atoms with E-state index in [4.69, 9.17) is 10.8 Å². The average molecular weight is 98.1 g/mol. The van der Waals surface area contributed by atoms with Crippen molar-refractivity contribution < 1.29 is 0 Å². The van der Waals surface area contributed by atoms with Gasteiger partial charge in [0.1, 0.15) is 0 Å². The van der Waals surface area contributed by atoms with Crippen LogP contribution in [0.2, 0.25) is 0 Å². The maximum atomic E-state index is 6.50. The van der Waals surface area contributed by atoms with Gasteiger partial charge in [-0.15, -0.1) is 13.2 Å². The Morgan fingerprint density at radius 2 is 1.71 bits per heavy atom. The SMILES string of the molecule is C=C.CC(=N)C=N. The molecule has 0 spiro atoms. The van der Waals surface area contributed by atoms with Crippen molar-refractivity contribution in [2.45, 2.75) is 6.92 Å². The van der Waals surface area contributed by atoms with Gasteiger partial charge in [-0.2, -0.15) is 0 Å². The third-order valence-electron chi connectivity index (χ3n) is 0.217. The number of hydrogen-bond acceptors (Lipinski definition) is 2. The molecular weight excluding hydrogens is 88.1 g/mol. The Hall–Kier alpha value is -0.920. The zero-order chi connectivity index (χ0) is 6.28. The van der Waals surface area contributed by atoms with Gasteiger partial charge in [-0.25, -0.2) is 0 Å². The fraction of sp³-hybridized carbons (Fsp3) is 0.200. The minimum Gasteiger partial charge on any atom is -0.307 e. The van der Waals surface area contributed by atoms with Crippen LogP contribution in [0.1, 0.15) is 6.92 Å². The van der Waals surface area contributed by atoms with Crippen molar-refractivity contribution in [3.63, 3.8) is 0 Å². The van der Waals surface area contributed by atoms with Crippen LogP contribution in [0.25, 0.3) is 0 Å². The number of nitrogens with one attached hydrogen (secondary N) is 2. The van der Waals surface area contributed by atoms with E-state index in [0.29, 0.717) is 5.71 Å². The van der Waals surface area contributed by atoms with Crippen molar-refractivity contribution in [2.24, 2.45) is 0 Å². The van der Waals surface area contributed by atoms with Gasteiger partial charge in [-0.1, -0.05) is 0 Å². The quantitative estimate of drug-likeness (QED) is 0.368. The highest BCUT2D eigenvalue weighted by Gasteiger charge is 1.65. The highest BCUT2D eigenvalue weighted by atomic mass is 14.4. The summed E-state index contributed by atoms with van der Waals surface area (Å²) in [5.41, 5.74) is 0.296. The molecule has 0 fully saturated rings. The van der Waals surface area contributed by atoms with Gasteiger partial charge in [-0.05, 0) is 6.92 Å². The number of hydrogen-bond donors (Lipinski definition) is 2. The molecular formula is C5H10N2. The van der Waals surface area contributed by atoms with E-state index in [1.165, 1.54) is 0 Å². The zero-order valence-electron chi connectivity index (χ0n) is 4.49. The van der Waals surface area contributed by atoms with Crippen molar-refractivity contribution in [3.05, 3.63) is 13.2 Å². The molecule has 0 radical (unpaired) electrons. The standard InChI is InChI=1S/C3H6N2.C2H4/c1-3(5)2-4;1-2/h2,4-5H,1H3;1-2H2. The predicted octanol–water partition coefficient (Wildman–Crippen LogP) is 1.48. The lowest BCUT2D eigenvalue weighted by atomic mass is 10.5. The fourth-order valence-corrected chi connectivity index (χ4v) is 0. The molecule has 0 bridgehead atoms. The van der Waals surface area contributed by atoms with Gasteiger partial charge in [0.15, 0.2) is 0 Å². The summed E-state index contributed by atoms with van der Waals surface area (Å²) >= 11 is 0. The molecule has 0 amide bonds. The van der Waals surface area contributed by atoms with Crippen LogP contribution >= 0.6 is 0 Å². The predicted molar refractivity (Wildman–Crippen MR) is 33.4 cm³/mol. The van der Waals surface area contributed by atoms with Crippen LogP contribution in [0.5, 0.6) is 0 Å². The van der Waals surface area contributed by atoms with E-state index in [1.807, 2.05) is 0 Å². The first-order valence-corrected chi connectivity index (χ1v) is 1.83. The molecule has 0 rings (SSSR count).